The molecule has 3 aromatic rings. The molecule has 802 valence electrons. The lowest BCUT2D eigenvalue weighted by Crippen LogP contribution is -2.61. The Balaban J connectivity index is 1.32. The van der Waals surface area contributed by atoms with Crippen molar-refractivity contribution in [2.45, 2.75) is 281 Å². The normalized spacial score (nSPS) is 16.4. The summed E-state index contributed by atoms with van der Waals surface area (Å²) in [4.78, 5) is 308. The fourth-order valence-corrected chi connectivity index (χ4v) is 16.0. The van der Waals surface area contributed by atoms with Gasteiger partial charge >= 0.3 is 11.9 Å². The molecule has 20 amide bonds. The van der Waals surface area contributed by atoms with Crippen molar-refractivity contribution in [3.63, 3.8) is 0 Å². The molecule has 0 aliphatic carbocycles. The Morgan fingerprint density at radius 1 is 0.455 bits per heavy atom. The highest BCUT2D eigenvalue weighted by molar-refractivity contribution is 6.02. The lowest BCUT2D eigenvalue weighted by molar-refractivity contribution is -0.146. The topological polar surface area (TPSA) is 851 Å². The molecule has 2 aliphatic rings. The molecule has 145 heavy (non-hydrogen) atoms. The van der Waals surface area contributed by atoms with E-state index in [1.54, 1.807) is 85.9 Å². The molecule has 2 saturated heterocycles. The van der Waals surface area contributed by atoms with Gasteiger partial charge in [0, 0.05) is 68.8 Å². The van der Waals surface area contributed by atoms with Gasteiger partial charge in [0.15, 0.2) is 5.96 Å². The minimum Gasteiger partial charge on any atom is -0.508 e. The van der Waals surface area contributed by atoms with Crippen LogP contribution in [-0.4, -0.2) is 314 Å². The number of amides is 20. The highest BCUT2D eigenvalue weighted by Gasteiger charge is 2.44. The van der Waals surface area contributed by atoms with E-state index < -0.39 is 309 Å². The third-order valence-corrected chi connectivity index (χ3v) is 24.6. The van der Waals surface area contributed by atoms with Crippen LogP contribution in [0.25, 0.3) is 10.9 Å². The van der Waals surface area contributed by atoms with Gasteiger partial charge < -0.3 is 155 Å². The Kier molecular flexibility index (Phi) is 50.5. The molecule has 52 nitrogen and oxygen atoms in total. The number of hydrogen-bond acceptors (Lipinski definition) is 27. The summed E-state index contributed by atoms with van der Waals surface area (Å²) in [6, 6.07) is -10.2. The van der Waals surface area contributed by atoms with Crippen LogP contribution < -0.4 is 119 Å². The fraction of sp³-hybridized carbons (Fsp3) is 0.602. The first-order valence-electron chi connectivity index (χ1n) is 48.3. The number of aromatic amines is 1. The van der Waals surface area contributed by atoms with Crippen LogP contribution in [0.4, 0.5) is 0 Å². The molecule has 3 heterocycles. The van der Waals surface area contributed by atoms with E-state index in [-0.39, 0.29) is 121 Å². The number of guanidine groups is 1. The van der Waals surface area contributed by atoms with Gasteiger partial charge in [-0.1, -0.05) is 98.6 Å². The summed E-state index contributed by atoms with van der Waals surface area (Å²) in [5, 5.41) is 87.4. The van der Waals surface area contributed by atoms with E-state index in [1.807, 2.05) is 0 Å². The number of aromatic hydroxyl groups is 1. The van der Waals surface area contributed by atoms with Crippen LogP contribution in [0.2, 0.25) is 0 Å². The Morgan fingerprint density at radius 2 is 0.903 bits per heavy atom. The van der Waals surface area contributed by atoms with E-state index in [0.29, 0.717) is 34.9 Å². The maximum Gasteiger partial charge on any atom is 0.328 e. The number of phenolic OH excluding ortho intramolecular Hbond substituents is 1. The fourth-order valence-electron chi connectivity index (χ4n) is 16.0. The smallest absolute Gasteiger partial charge is 0.328 e. The molecular formula is C93H144N26O26. The number of nitrogens with two attached hydrogens (primary N) is 6. The van der Waals surface area contributed by atoms with Crippen LogP contribution in [0.3, 0.4) is 0 Å². The summed E-state index contributed by atoms with van der Waals surface area (Å²) in [5.41, 5.74) is 35.1. The molecule has 2 aromatic carbocycles. The van der Waals surface area contributed by atoms with Crippen molar-refractivity contribution in [2.24, 2.45) is 58.1 Å². The van der Waals surface area contributed by atoms with E-state index in [9.17, 15) is 121 Å². The van der Waals surface area contributed by atoms with Crippen LogP contribution >= 0.6 is 0 Å². The van der Waals surface area contributed by atoms with Gasteiger partial charge in [-0.2, -0.15) is 0 Å². The van der Waals surface area contributed by atoms with Crippen LogP contribution in [0.5, 0.6) is 5.75 Å². The Hall–Kier alpha value is -14.7. The zero-order valence-corrected chi connectivity index (χ0v) is 82.8. The number of benzene rings is 2. The van der Waals surface area contributed by atoms with E-state index >= 15 is 4.79 Å². The van der Waals surface area contributed by atoms with Crippen molar-refractivity contribution in [1.29, 1.82) is 5.41 Å². The second kappa shape index (κ2) is 60.6. The SMILES string of the molecule is CC[C@H](C)[C@H](NC(=O)[C@H](Cc1c[nH]c2ccccc12)NC(=O)[C@H](CCC(=O)O)NC(=O)[C@H](CC(C)C)NC(=O)CNC(=O)[C@H](CCC(N)=O)NC(=O)CNC(=O)[C@@H]1CCCN1C(=O)[C@H](CCCNC(=N)N)NC(=O)[C@H](CCC(N)=O)NC(=O)[C@H](CCCCN)NC(=O)[C@@H](N)C(C)C)C(=O)NCC(=O)N[C@@H](Cc1ccc(O)cc1)C(=O)N[C@H](C(=O)N[C@@H](CC(N)=O)C(=O)N1CCC[C@H]1C(=O)N[C@@H](CO)C(=O)O)[C@@H](C)CC. The van der Waals surface area contributed by atoms with Crippen molar-refractivity contribution >= 4 is 147 Å². The Bertz CT molecular complexity index is 5040. The number of para-hydroxylation sites is 1. The average Bonchev–Trinajstić information content (AvgIpc) is 1.61. The molecule has 34 N–H and O–H groups in total. The van der Waals surface area contributed by atoms with E-state index in [2.05, 4.69) is 90.1 Å². The molecule has 2 aliphatic heterocycles. The van der Waals surface area contributed by atoms with Crippen molar-refractivity contribution in [3.05, 3.63) is 65.9 Å². The number of aliphatic hydroxyl groups excluding tert-OH is 1. The minimum absolute atomic E-state index is 0.0271. The second-order valence-electron chi connectivity index (χ2n) is 36.8. The van der Waals surface area contributed by atoms with Crippen molar-refractivity contribution in [2.75, 3.05) is 52.4 Å². The van der Waals surface area contributed by atoms with Crippen LogP contribution in [-0.2, 0) is 118 Å². The second-order valence-corrected chi connectivity index (χ2v) is 36.8. The van der Waals surface area contributed by atoms with E-state index in [0.717, 1.165) is 9.80 Å². The Labute approximate surface area is 837 Å². The maximum atomic E-state index is 15.1. The predicted octanol–water partition coefficient (Wildman–Crippen LogP) is -7.33. The maximum absolute atomic E-state index is 15.1. The molecule has 17 atom stereocenters. The first-order valence-corrected chi connectivity index (χ1v) is 48.3. The molecule has 0 bridgehead atoms. The van der Waals surface area contributed by atoms with Gasteiger partial charge in [0.25, 0.3) is 0 Å². The van der Waals surface area contributed by atoms with Gasteiger partial charge in [-0.15, -0.1) is 0 Å². The van der Waals surface area contributed by atoms with E-state index in [1.165, 1.54) is 24.3 Å². The summed E-state index contributed by atoms with van der Waals surface area (Å²) in [6.07, 6.45) is -1.48. The monoisotopic (exact) mass is 2040 g/mol. The van der Waals surface area contributed by atoms with Gasteiger partial charge in [-0.3, -0.25) is 106 Å². The number of phenols is 1. The number of nitrogens with one attached hydrogen (secondary N) is 18. The molecule has 0 unspecified atom stereocenters. The Morgan fingerprint density at radius 3 is 1.41 bits per heavy atom. The number of carbonyl (C=O) groups is 22. The summed E-state index contributed by atoms with van der Waals surface area (Å²) in [6.45, 7) is 9.72. The molecular weight excluding hydrogens is 1900 g/mol. The van der Waals surface area contributed by atoms with E-state index in [4.69, 9.17) is 39.8 Å². The third-order valence-electron chi connectivity index (χ3n) is 24.6. The first-order chi connectivity index (χ1) is 68.5. The highest BCUT2D eigenvalue weighted by atomic mass is 16.4. The highest BCUT2D eigenvalue weighted by Crippen LogP contribution is 2.25. The zero-order valence-electron chi connectivity index (χ0n) is 82.8. The van der Waals surface area contributed by atoms with Crippen LogP contribution in [0, 0.1) is 29.1 Å². The number of carboxylic acids is 2. The summed E-state index contributed by atoms with van der Waals surface area (Å²) in [5.74, 6) is -25.0. The number of fused-ring (bicyclic) bond motifs is 1. The molecule has 5 rings (SSSR count). The standard InChI is InChI=1S/C93H144N26O26/c1-9-49(7)76(88(140)105-45-73(127)108-62(39-51-24-26-53(121)27-25-51)83(135)117-77(50(8)10-2)89(141)114-64(41-70(97)124)91(143)119-37-17-23-67(119)86(138)115-65(46-120)92(144)145)116-84(136)63(40-52-42-102-55-19-12-11-18-54(52)55)113-81(133)59(30-33-74(128)129)110-82(134)61(38-47(3)4)107-72(126)43-103-78(130)57(28-31-68(95)122)106-71(125)44-104-85(137)66-22-16-36-118(66)90(142)60(21-15-35-101-93(99)100)112-80(132)58(29-32-69(96)123)109-79(131)56(20-13-14-34-94)111-87(139)75(98)48(5)6/h11-12,18-19,24-27,42,47-50,56-67,75-77,102,120-121H,9-10,13-17,20-23,28-41,43-46,94,98H2,1-8H3,(H2,95,122)(H2,96,123)(H2,97,124)(H,103,130)(H,104,137)(H,105,140)(H,106,125)(H,107,126)(H,108,127)(H,109,131)(H,110,134)(H,111,139)(H,112,132)(H,113,133)(H,114,141)(H,115,138)(H,116,136)(H,117,135)(H,128,129)(H,144,145)(H4,99,100,101)/t49-,50-,56-,57-,58-,59-,60-,61-,62-,63-,64-,65-,66-,67-,75-,76-,77-/m0/s1. The summed E-state index contributed by atoms with van der Waals surface area (Å²) >= 11 is 0. The number of hydrogen-bond donors (Lipinski definition) is 28. The molecule has 0 spiro atoms. The molecule has 52 heteroatoms. The number of likely N-dealkylation sites (tertiary alicyclic amines) is 2. The molecule has 1 aromatic heterocycles. The predicted molar refractivity (Wildman–Crippen MR) is 521 cm³/mol. The molecule has 0 saturated carbocycles. The first kappa shape index (κ1) is 121. The number of rotatable bonds is 64. The number of aliphatic carboxylic acids is 2. The van der Waals surface area contributed by atoms with Gasteiger partial charge in [-0.05, 0) is 143 Å². The van der Waals surface area contributed by atoms with Gasteiger partial charge in [0.1, 0.15) is 90.3 Å². The lowest BCUT2D eigenvalue weighted by atomic mass is 9.96. The zero-order chi connectivity index (χ0) is 108. The summed E-state index contributed by atoms with van der Waals surface area (Å²) in [7, 11) is 0. The number of unbranched alkanes of at least 4 members (excludes halogenated alkanes) is 1. The van der Waals surface area contributed by atoms with Crippen LogP contribution in [0.15, 0.2) is 54.7 Å². The number of H-pyrrole nitrogens is 1. The van der Waals surface area contributed by atoms with Crippen molar-refractivity contribution in [1.82, 2.24) is 99.9 Å². The van der Waals surface area contributed by atoms with Gasteiger partial charge in [-0.25, -0.2) is 4.79 Å². The average molecular weight is 2040 g/mol. The van der Waals surface area contributed by atoms with Crippen molar-refractivity contribution in [3.8, 4) is 5.75 Å². The third kappa shape index (κ3) is 40.5. The van der Waals surface area contributed by atoms with Gasteiger partial charge in [0.05, 0.1) is 38.7 Å². The van der Waals surface area contributed by atoms with Crippen LogP contribution in [0.1, 0.15) is 189 Å². The molecule has 2 fully saturated rings. The summed E-state index contributed by atoms with van der Waals surface area (Å²) < 4.78 is 0. The van der Waals surface area contributed by atoms with Crippen molar-refractivity contribution < 1.29 is 126 Å². The quantitative estimate of drug-likeness (QED) is 0.0142. The minimum atomic E-state index is -1.80. The molecule has 0 radical (unpaired) electrons. The number of nitrogens with zero attached hydrogens (tertiary/aromatic N) is 2. The van der Waals surface area contributed by atoms with Gasteiger partial charge in [0.2, 0.25) is 118 Å². The number of aromatic nitrogens is 1. The number of carboxylic acid groups (broad SMARTS) is 2. The number of carbonyl (C=O) groups excluding carboxylic acids is 20. The largest absolute Gasteiger partial charge is 0.508 e. The lowest BCUT2D eigenvalue weighted by Gasteiger charge is -2.31. The number of primary amides is 3. The number of aliphatic hydroxyl groups is 1.